The van der Waals surface area contributed by atoms with Crippen LogP contribution in [0, 0.1) is 6.92 Å². The molecule has 0 saturated heterocycles. The van der Waals surface area contributed by atoms with Crippen LogP contribution in [-0.4, -0.2) is 9.97 Å². The molecule has 4 heteroatoms. The normalized spacial score (nSPS) is 9.94. The summed E-state index contributed by atoms with van der Waals surface area (Å²) in [5.74, 6) is 1.16. The maximum atomic E-state index is 5.67. The lowest BCUT2D eigenvalue weighted by molar-refractivity contribution is 0.461. The molecular weight excluding hydrogens is 232 g/mol. The summed E-state index contributed by atoms with van der Waals surface area (Å²) in [4.78, 5) is 4.41. The van der Waals surface area contributed by atoms with Crippen LogP contribution in [0.3, 0.4) is 0 Å². The van der Waals surface area contributed by atoms with Crippen LogP contribution in [0.2, 0.25) is 0 Å². The van der Waals surface area contributed by atoms with E-state index >= 15 is 0 Å². The van der Waals surface area contributed by atoms with Crippen molar-refractivity contribution in [3.63, 3.8) is 0 Å². The highest BCUT2D eigenvalue weighted by atomic mass is 32.1. The van der Waals surface area contributed by atoms with Gasteiger partial charge in [-0.25, -0.2) is 4.98 Å². The Morgan fingerprint density at radius 3 is 2.82 bits per heavy atom. The van der Waals surface area contributed by atoms with Crippen molar-refractivity contribution in [1.29, 1.82) is 0 Å². The summed E-state index contributed by atoms with van der Waals surface area (Å²) in [6.45, 7) is 2.00. The van der Waals surface area contributed by atoms with Crippen molar-refractivity contribution in [3.8, 4) is 11.6 Å². The Balaban J connectivity index is 2.33. The minimum atomic E-state index is 0.278. The van der Waals surface area contributed by atoms with Gasteiger partial charge in [-0.2, -0.15) is 0 Å². The van der Waals surface area contributed by atoms with Gasteiger partial charge in [-0.3, -0.25) is 0 Å². The first-order chi connectivity index (χ1) is 8.16. The van der Waals surface area contributed by atoms with E-state index in [0.29, 0.717) is 11.4 Å². The second-order valence-corrected chi connectivity index (χ2v) is 4.08. The van der Waals surface area contributed by atoms with Crippen LogP contribution in [0.15, 0.2) is 42.6 Å². The van der Waals surface area contributed by atoms with Gasteiger partial charge in [-0.15, -0.1) is 0 Å². The zero-order chi connectivity index (χ0) is 12.3. The Bertz CT molecular complexity index is 555. The molecule has 2 N–H and O–H groups in total. The summed E-state index contributed by atoms with van der Waals surface area (Å²) in [6.07, 6.45) is 1.65. The van der Waals surface area contributed by atoms with E-state index in [0.717, 1.165) is 11.3 Å². The lowest BCUT2D eigenvalue weighted by atomic mass is 10.2. The summed E-state index contributed by atoms with van der Waals surface area (Å²) in [5.41, 5.74) is 7.37. The molecule has 86 valence electrons. The van der Waals surface area contributed by atoms with Crippen molar-refractivity contribution in [2.24, 2.45) is 5.73 Å². The first-order valence-corrected chi connectivity index (χ1v) is 5.57. The lowest BCUT2D eigenvalue weighted by Crippen LogP contribution is -2.11. The summed E-state index contributed by atoms with van der Waals surface area (Å²) in [5, 5.41) is 0. The molecule has 2 aromatic rings. The molecule has 1 aromatic heterocycles. The Morgan fingerprint density at radius 2 is 2.12 bits per heavy atom. The van der Waals surface area contributed by atoms with Crippen LogP contribution >= 0.6 is 12.2 Å². The Labute approximate surface area is 105 Å². The van der Waals surface area contributed by atoms with Gasteiger partial charge >= 0.3 is 0 Å². The molecule has 0 amide bonds. The first kappa shape index (κ1) is 11.5. The molecule has 1 aromatic carbocycles. The number of nitrogens with two attached hydrogens (primary N) is 1. The monoisotopic (exact) mass is 244 g/mol. The molecule has 2 rings (SSSR count). The van der Waals surface area contributed by atoms with Crippen molar-refractivity contribution in [2.75, 3.05) is 0 Å². The SMILES string of the molecule is Cc1cccc(Oc2ncccc2C(N)=S)c1. The number of ether oxygens (including phenoxy) is 1. The van der Waals surface area contributed by atoms with Gasteiger partial charge in [-0.05, 0) is 36.8 Å². The third-order valence-corrected chi connectivity index (χ3v) is 2.46. The van der Waals surface area contributed by atoms with Crippen LogP contribution in [0.5, 0.6) is 11.6 Å². The molecule has 0 spiro atoms. The van der Waals surface area contributed by atoms with E-state index in [4.69, 9.17) is 22.7 Å². The van der Waals surface area contributed by atoms with E-state index in [2.05, 4.69) is 4.98 Å². The number of rotatable bonds is 3. The fourth-order valence-corrected chi connectivity index (χ4v) is 1.61. The number of thiocarbonyl (C=S) groups is 1. The van der Waals surface area contributed by atoms with Gasteiger partial charge in [0.25, 0.3) is 0 Å². The lowest BCUT2D eigenvalue weighted by Gasteiger charge is -2.08. The second-order valence-electron chi connectivity index (χ2n) is 3.64. The van der Waals surface area contributed by atoms with Crippen LogP contribution in [0.1, 0.15) is 11.1 Å². The second kappa shape index (κ2) is 4.93. The maximum Gasteiger partial charge on any atom is 0.229 e. The van der Waals surface area contributed by atoms with E-state index in [1.807, 2.05) is 31.2 Å². The summed E-state index contributed by atoms with van der Waals surface area (Å²) in [6, 6.07) is 11.3. The summed E-state index contributed by atoms with van der Waals surface area (Å²) in [7, 11) is 0. The molecule has 0 aliphatic rings. The van der Waals surface area contributed by atoms with Gasteiger partial charge in [-0.1, -0.05) is 24.4 Å². The average Bonchev–Trinajstić information content (AvgIpc) is 2.29. The van der Waals surface area contributed by atoms with Gasteiger partial charge in [0.2, 0.25) is 5.88 Å². The molecule has 0 unspecified atom stereocenters. The molecule has 3 nitrogen and oxygen atoms in total. The van der Waals surface area contributed by atoms with Crippen molar-refractivity contribution in [1.82, 2.24) is 4.98 Å². The fourth-order valence-electron chi connectivity index (χ4n) is 1.45. The Hall–Kier alpha value is -1.94. The van der Waals surface area contributed by atoms with Crippen LogP contribution in [-0.2, 0) is 0 Å². The van der Waals surface area contributed by atoms with E-state index in [1.165, 1.54) is 0 Å². The number of aromatic nitrogens is 1. The van der Waals surface area contributed by atoms with E-state index in [-0.39, 0.29) is 4.99 Å². The summed E-state index contributed by atoms with van der Waals surface area (Å²) < 4.78 is 5.67. The molecule has 0 atom stereocenters. The van der Waals surface area contributed by atoms with E-state index in [9.17, 15) is 0 Å². The van der Waals surface area contributed by atoms with Crippen LogP contribution in [0.25, 0.3) is 0 Å². The smallest absolute Gasteiger partial charge is 0.229 e. The number of hydrogen-bond acceptors (Lipinski definition) is 3. The minimum Gasteiger partial charge on any atom is -0.438 e. The largest absolute Gasteiger partial charge is 0.438 e. The number of nitrogens with zero attached hydrogens (tertiary/aromatic N) is 1. The van der Waals surface area contributed by atoms with Crippen molar-refractivity contribution >= 4 is 17.2 Å². The zero-order valence-corrected chi connectivity index (χ0v) is 10.2. The van der Waals surface area contributed by atoms with Crippen molar-refractivity contribution < 1.29 is 4.74 Å². The van der Waals surface area contributed by atoms with Gasteiger partial charge in [0.15, 0.2) is 0 Å². The highest BCUT2D eigenvalue weighted by molar-refractivity contribution is 7.80. The molecule has 17 heavy (non-hydrogen) atoms. The average molecular weight is 244 g/mol. The molecule has 1 heterocycles. The number of benzene rings is 1. The third-order valence-electron chi connectivity index (χ3n) is 2.24. The van der Waals surface area contributed by atoms with E-state index < -0.39 is 0 Å². The van der Waals surface area contributed by atoms with Crippen molar-refractivity contribution in [3.05, 3.63) is 53.7 Å². The summed E-state index contributed by atoms with van der Waals surface area (Å²) >= 11 is 4.95. The quantitative estimate of drug-likeness (QED) is 0.843. The predicted molar refractivity (Wildman–Crippen MR) is 71.4 cm³/mol. The number of hydrogen-bond donors (Lipinski definition) is 1. The minimum absolute atomic E-state index is 0.278. The Kier molecular flexibility index (Phi) is 3.35. The number of aryl methyl sites for hydroxylation is 1. The van der Waals surface area contributed by atoms with Gasteiger partial charge < -0.3 is 10.5 Å². The molecule has 0 radical (unpaired) electrons. The van der Waals surface area contributed by atoms with Crippen LogP contribution in [0.4, 0.5) is 0 Å². The molecule has 0 saturated carbocycles. The van der Waals surface area contributed by atoms with E-state index in [1.54, 1.807) is 18.3 Å². The number of pyridine rings is 1. The van der Waals surface area contributed by atoms with Gasteiger partial charge in [0.05, 0.1) is 5.56 Å². The molecule has 0 bridgehead atoms. The third kappa shape index (κ3) is 2.79. The van der Waals surface area contributed by atoms with Gasteiger partial charge in [0, 0.05) is 6.20 Å². The highest BCUT2D eigenvalue weighted by Crippen LogP contribution is 2.23. The standard InChI is InChI=1S/C13H12N2OS/c1-9-4-2-5-10(8-9)16-13-11(12(14)17)6-3-7-15-13/h2-8H,1H3,(H2,14,17). The predicted octanol–water partition coefficient (Wildman–Crippen LogP) is 2.82. The van der Waals surface area contributed by atoms with Crippen molar-refractivity contribution in [2.45, 2.75) is 6.92 Å². The topological polar surface area (TPSA) is 48.1 Å². The first-order valence-electron chi connectivity index (χ1n) is 5.16. The molecule has 0 fully saturated rings. The molecular formula is C13H12N2OS. The molecule has 0 aliphatic heterocycles. The zero-order valence-electron chi connectivity index (χ0n) is 9.38. The molecule has 0 aliphatic carbocycles. The van der Waals surface area contributed by atoms with Gasteiger partial charge in [0.1, 0.15) is 10.7 Å². The maximum absolute atomic E-state index is 5.67. The Morgan fingerprint density at radius 1 is 1.29 bits per heavy atom. The highest BCUT2D eigenvalue weighted by Gasteiger charge is 2.08. The fraction of sp³-hybridized carbons (Fsp3) is 0.0769. The van der Waals surface area contributed by atoms with Crippen LogP contribution < -0.4 is 10.5 Å².